The zero-order valence-electron chi connectivity index (χ0n) is 10.4. The molecule has 4 heteroatoms. The summed E-state index contributed by atoms with van der Waals surface area (Å²) in [7, 11) is 0. The van der Waals surface area contributed by atoms with Crippen LogP contribution in [0.15, 0.2) is 46.9 Å². The van der Waals surface area contributed by atoms with Gasteiger partial charge in [0.05, 0.1) is 5.56 Å². The van der Waals surface area contributed by atoms with Gasteiger partial charge in [0.1, 0.15) is 12.4 Å². The highest BCUT2D eigenvalue weighted by Crippen LogP contribution is 2.23. The van der Waals surface area contributed by atoms with Gasteiger partial charge < -0.3 is 9.84 Å². The number of hydrogen-bond acceptors (Lipinski definition) is 2. The molecule has 0 aliphatic rings. The molecule has 0 atom stereocenters. The number of carboxylic acid groups (broad SMARTS) is 1. The van der Waals surface area contributed by atoms with Crippen LogP contribution in [0.2, 0.25) is 0 Å². The lowest BCUT2D eigenvalue weighted by Gasteiger charge is -2.09. The lowest BCUT2D eigenvalue weighted by atomic mass is 10.1. The molecule has 0 aromatic heterocycles. The number of aryl methyl sites for hydroxylation is 1. The molecule has 0 saturated heterocycles. The van der Waals surface area contributed by atoms with Crippen molar-refractivity contribution in [3.8, 4) is 5.75 Å². The first-order chi connectivity index (χ1) is 9.08. The Morgan fingerprint density at radius 3 is 2.68 bits per heavy atom. The van der Waals surface area contributed by atoms with E-state index in [1.807, 2.05) is 31.2 Å². The third kappa shape index (κ3) is 3.35. The highest BCUT2D eigenvalue weighted by Gasteiger charge is 2.09. The first-order valence-electron chi connectivity index (χ1n) is 5.78. The Labute approximate surface area is 120 Å². The number of aromatic carboxylic acids is 1. The van der Waals surface area contributed by atoms with Gasteiger partial charge in [0.15, 0.2) is 0 Å². The zero-order chi connectivity index (χ0) is 13.8. The van der Waals surface area contributed by atoms with Gasteiger partial charge in [0, 0.05) is 4.47 Å². The second kappa shape index (κ2) is 5.89. The van der Waals surface area contributed by atoms with E-state index in [4.69, 9.17) is 9.84 Å². The van der Waals surface area contributed by atoms with Crippen LogP contribution < -0.4 is 4.74 Å². The number of benzene rings is 2. The van der Waals surface area contributed by atoms with E-state index < -0.39 is 5.97 Å². The molecule has 2 aromatic carbocycles. The van der Waals surface area contributed by atoms with Crippen LogP contribution >= 0.6 is 15.9 Å². The third-order valence-electron chi connectivity index (χ3n) is 2.82. The van der Waals surface area contributed by atoms with Crippen molar-refractivity contribution in [1.82, 2.24) is 0 Å². The standard InChI is InChI=1S/C15H13BrO3/c1-10-4-2-3-5-11(10)9-19-12-6-7-14(16)13(8-12)15(17)18/h2-8H,9H2,1H3,(H,17,18). The molecule has 0 saturated carbocycles. The number of halogens is 1. The average Bonchev–Trinajstić information content (AvgIpc) is 2.39. The molecule has 0 radical (unpaired) electrons. The molecule has 0 amide bonds. The van der Waals surface area contributed by atoms with Crippen LogP contribution in [-0.4, -0.2) is 11.1 Å². The van der Waals surface area contributed by atoms with E-state index >= 15 is 0 Å². The van der Waals surface area contributed by atoms with Gasteiger partial charge in [0.25, 0.3) is 0 Å². The van der Waals surface area contributed by atoms with E-state index in [1.54, 1.807) is 12.1 Å². The van der Waals surface area contributed by atoms with Gasteiger partial charge in [-0.25, -0.2) is 4.79 Å². The molecule has 0 aliphatic carbocycles. The van der Waals surface area contributed by atoms with Crippen molar-refractivity contribution in [1.29, 1.82) is 0 Å². The van der Waals surface area contributed by atoms with Crippen molar-refractivity contribution in [2.45, 2.75) is 13.5 Å². The minimum atomic E-state index is -0.979. The largest absolute Gasteiger partial charge is 0.489 e. The number of ether oxygens (including phenoxy) is 1. The molecule has 98 valence electrons. The third-order valence-corrected chi connectivity index (χ3v) is 3.52. The van der Waals surface area contributed by atoms with Crippen LogP contribution in [0.1, 0.15) is 21.5 Å². The second-order valence-electron chi connectivity index (χ2n) is 4.16. The molecule has 0 heterocycles. The fourth-order valence-corrected chi connectivity index (χ4v) is 2.11. The summed E-state index contributed by atoms with van der Waals surface area (Å²) < 4.78 is 6.18. The Balaban J connectivity index is 2.14. The van der Waals surface area contributed by atoms with Crippen LogP contribution in [0.4, 0.5) is 0 Å². The van der Waals surface area contributed by atoms with E-state index in [1.165, 1.54) is 6.07 Å². The average molecular weight is 321 g/mol. The molecular formula is C15H13BrO3. The minimum absolute atomic E-state index is 0.197. The lowest BCUT2D eigenvalue weighted by molar-refractivity contribution is 0.0695. The highest BCUT2D eigenvalue weighted by atomic mass is 79.9. The summed E-state index contributed by atoms with van der Waals surface area (Å²) in [5.41, 5.74) is 2.43. The van der Waals surface area contributed by atoms with Gasteiger partial charge in [-0.3, -0.25) is 0 Å². The molecule has 0 aliphatic heterocycles. The van der Waals surface area contributed by atoms with E-state index in [0.717, 1.165) is 11.1 Å². The molecule has 19 heavy (non-hydrogen) atoms. The predicted octanol–water partition coefficient (Wildman–Crippen LogP) is 4.03. The van der Waals surface area contributed by atoms with Gasteiger partial charge in [-0.2, -0.15) is 0 Å². The van der Waals surface area contributed by atoms with Crippen molar-refractivity contribution in [3.05, 3.63) is 63.6 Å². The van der Waals surface area contributed by atoms with Crippen LogP contribution in [0.5, 0.6) is 5.75 Å². The van der Waals surface area contributed by atoms with Crippen molar-refractivity contribution in [2.24, 2.45) is 0 Å². The smallest absolute Gasteiger partial charge is 0.336 e. The maximum Gasteiger partial charge on any atom is 0.336 e. The molecule has 0 bridgehead atoms. The van der Waals surface area contributed by atoms with Gasteiger partial charge in [-0.05, 0) is 52.2 Å². The Morgan fingerprint density at radius 1 is 1.26 bits per heavy atom. The zero-order valence-corrected chi connectivity index (χ0v) is 12.0. The number of carboxylic acids is 1. The van der Waals surface area contributed by atoms with E-state index in [9.17, 15) is 4.79 Å². The molecule has 3 nitrogen and oxygen atoms in total. The maximum absolute atomic E-state index is 11.0. The summed E-state index contributed by atoms with van der Waals surface area (Å²) in [6.07, 6.45) is 0. The van der Waals surface area contributed by atoms with Crippen LogP contribution in [0.3, 0.4) is 0 Å². The van der Waals surface area contributed by atoms with Crippen molar-refractivity contribution in [2.75, 3.05) is 0 Å². The van der Waals surface area contributed by atoms with Crippen molar-refractivity contribution >= 4 is 21.9 Å². The fourth-order valence-electron chi connectivity index (χ4n) is 1.69. The van der Waals surface area contributed by atoms with Gasteiger partial charge in [-0.1, -0.05) is 24.3 Å². The Hall–Kier alpha value is -1.81. The lowest BCUT2D eigenvalue weighted by Crippen LogP contribution is -2.01. The SMILES string of the molecule is Cc1ccccc1COc1ccc(Br)c(C(=O)O)c1. The summed E-state index contributed by atoms with van der Waals surface area (Å²) >= 11 is 3.20. The topological polar surface area (TPSA) is 46.5 Å². The quantitative estimate of drug-likeness (QED) is 0.924. The molecule has 2 aromatic rings. The minimum Gasteiger partial charge on any atom is -0.489 e. The normalized spacial score (nSPS) is 10.2. The summed E-state index contributed by atoms with van der Waals surface area (Å²) in [5.74, 6) is -0.433. The maximum atomic E-state index is 11.0. The Morgan fingerprint density at radius 2 is 2.00 bits per heavy atom. The van der Waals surface area contributed by atoms with Crippen LogP contribution in [0, 0.1) is 6.92 Å². The summed E-state index contributed by atoms with van der Waals surface area (Å²) in [5, 5.41) is 9.03. The number of hydrogen-bond donors (Lipinski definition) is 1. The Kier molecular flexibility index (Phi) is 4.22. The fraction of sp³-hybridized carbons (Fsp3) is 0.133. The predicted molar refractivity (Wildman–Crippen MR) is 76.6 cm³/mol. The summed E-state index contributed by atoms with van der Waals surface area (Å²) in [6, 6.07) is 12.9. The van der Waals surface area contributed by atoms with E-state index in [2.05, 4.69) is 15.9 Å². The van der Waals surface area contributed by atoms with E-state index in [0.29, 0.717) is 16.8 Å². The first-order valence-corrected chi connectivity index (χ1v) is 6.57. The molecule has 0 spiro atoms. The van der Waals surface area contributed by atoms with E-state index in [-0.39, 0.29) is 5.56 Å². The summed E-state index contributed by atoms with van der Waals surface area (Å²) in [4.78, 5) is 11.0. The van der Waals surface area contributed by atoms with Gasteiger partial charge >= 0.3 is 5.97 Å². The molecule has 1 N–H and O–H groups in total. The van der Waals surface area contributed by atoms with Crippen LogP contribution in [0.25, 0.3) is 0 Å². The molecule has 0 fully saturated rings. The molecule has 0 unspecified atom stereocenters. The summed E-state index contributed by atoms with van der Waals surface area (Å²) in [6.45, 7) is 2.44. The first kappa shape index (κ1) is 13.6. The van der Waals surface area contributed by atoms with Crippen LogP contribution in [-0.2, 0) is 6.61 Å². The Bertz CT molecular complexity index is 608. The monoisotopic (exact) mass is 320 g/mol. The van der Waals surface area contributed by atoms with Crippen molar-refractivity contribution < 1.29 is 14.6 Å². The number of carbonyl (C=O) groups is 1. The highest BCUT2D eigenvalue weighted by molar-refractivity contribution is 9.10. The second-order valence-corrected chi connectivity index (χ2v) is 5.02. The number of rotatable bonds is 4. The van der Waals surface area contributed by atoms with Gasteiger partial charge in [0.2, 0.25) is 0 Å². The van der Waals surface area contributed by atoms with Gasteiger partial charge in [-0.15, -0.1) is 0 Å². The van der Waals surface area contributed by atoms with Crippen molar-refractivity contribution in [3.63, 3.8) is 0 Å². The molecular weight excluding hydrogens is 308 g/mol. The molecule has 2 rings (SSSR count).